The Morgan fingerprint density at radius 1 is 1.19 bits per heavy atom. The lowest BCUT2D eigenvalue weighted by molar-refractivity contribution is 1.09. The fourth-order valence-electron chi connectivity index (χ4n) is 2.53. The third-order valence-corrected chi connectivity index (χ3v) is 3.57. The summed E-state index contributed by atoms with van der Waals surface area (Å²) in [6.45, 7) is 2.04. The molecular weight excluding hydrogens is 264 g/mol. The van der Waals surface area contributed by atoms with E-state index in [-0.39, 0.29) is 0 Å². The van der Waals surface area contributed by atoms with Crippen LogP contribution in [0.3, 0.4) is 0 Å². The number of hydrogen-bond donors (Lipinski definition) is 1. The lowest BCUT2D eigenvalue weighted by atomic mass is 10.0. The second-order valence-corrected chi connectivity index (χ2v) is 4.89. The summed E-state index contributed by atoms with van der Waals surface area (Å²) >= 11 is 0. The van der Waals surface area contributed by atoms with Crippen LogP contribution >= 0.6 is 0 Å². The first-order valence-electron chi connectivity index (χ1n) is 6.55. The van der Waals surface area contributed by atoms with Crippen molar-refractivity contribution in [3.8, 4) is 11.3 Å². The van der Waals surface area contributed by atoms with Crippen molar-refractivity contribution in [1.29, 1.82) is 0 Å². The van der Waals surface area contributed by atoms with Gasteiger partial charge in [-0.2, -0.15) is 0 Å². The van der Waals surface area contributed by atoms with Crippen LogP contribution in [0.2, 0.25) is 0 Å². The molecule has 0 radical (unpaired) electrons. The highest BCUT2D eigenvalue weighted by Gasteiger charge is 2.11. The minimum absolute atomic E-state index is 0.366. The first-order valence-corrected chi connectivity index (χ1v) is 6.55. The van der Waals surface area contributed by atoms with Gasteiger partial charge in [0.05, 0.1) is 11.2 Å². The van der Waals surface area contributed by atoms with E-state index in [2.05, 4.69) is 20.2 Å². The minimum Gasteiger partial charge on any atom is -0.369 e. The van der Waals surface area contributed by atoms with E-state index in [4.69, 9.17) is 5.73 Å². The molecule has 0 fully saturated rings. The molecule has 0 aliphatic carbocycles. The van der Waals surface area contributed by atoms with E-state index >= 15 is 0 Å². The predicted molar refractivity (Wildman–Crippen MR) is 80.7 cm³/mol. The Bertz CT molecular complexity index is 972. The molecule has 0 spiro atoms. The molecule has 3 heterocycles. The smallest absolute Gasteiger partial charge is 0.207 e. The number of hydrogen-bond acceptors (Lipinski definition) is 5. The molecule has 6 nitrogen and oxygen atoms in total. The van der Waals surface area contributed by atoms with Gasteiger partial charge in [0.1, 0.15) is 6.33 Å². The molecule has 0 unspecified atom stereocenters. The zero-order valence-corrected chi connectivity index (χ0v) is 11.4. The highest BCUT2D eigenvalue weighted by Crippen LogP contribution is 2.29. The number of aromatic nitrogens is 5. The summed E-state index contributed by atoms with van der Waals surface area (Å²) in [6.07, 6.45) is 3.35. The van der Waals surface area contributed by atoms with Crippen molar-refractivity contribution in [3.63, 3.8) is 0 Å². The van der Waals surface area contributed by atoms with Crippen molar-refractivity contribution >= 4 is 22.5 Å². The van der Waals surface area contributed by atoms with Gasteiger partial charge in [0.25, 0.3) is 0 Å². The van der Waals surface area contributed by atoms with Gasteiger partial charge in [0.2, 0.25) is 5.95 Å². The zero-order valence-electron chi connectivity index (χ0n) is 11.4. The molecule has 6 heteroatoms. The van der Waals surface area contributed by atoms with Gasteiger partial charge in [-0.25, -0.2) is 4.98 Å². The summed E-state index contributed by atoms with van der Waals surface area (Å²) in [5.74, 6) is 0.366. The largest absolute Gasteiger partial charge is 0.369 e. The van der Waals surface area contributed by atoms with Crippen LogP contribution in [-0.4, -0.2) is 24.6 Å². The molecule has 4 rings (SSSR count). The Labute approximate surface area is 120 Å². The molecule has 3 aromatic heterocycles. The Hall–Kier alpha value is -3.02. The molecule has 2 N–H and O–H groups in total. The van der Waals surface area contributed by atoms with Gasteiger partial charge < -0.3 is 5.73 Å². The molecule has 0 aliphatic heterocycles. The van der Waals surface area contributed by atoms with Gasteiger partial charge in [-0.05, 0) is 18.6 Å². The predicted octanol–water partition coefficient (Wildman–Crippen LogP) is 2.23. The van der Waals surface area contributed by atoms with E-state index in [1.165, 1.54) is 0 Å². The quantitative estimate of drug-likeness (QED) is 0.576. The van der Waals surface area contributed by atoms with Crippen LogP contribution in [0.25, 0.3) is 27.8 Å². The van der Waals surface area contributed by atoms with Gasteiger partial charge in [-0.1, -0.05) is 18.2 Å². The highest BCUT2D eigenvalue weighted by atomic mass is 15.3. The summed E-state index contributed by atoms with van der Waals surface area (Å²) in [4.78, 5) is 8.91. The fourth-order valence-corrected chi connectivity index (χ4v) is 2.53. The fraction of sp³-hybridized carbons (Fsp3) is 0.0667. The van der Waals surface area contributed by atoms with Crippen LogP contribution in [0.15, 0.2) is 42.9 Å². The first-order chi connectivity index (χ1) is 10.2. The number of rotatable bonds is 1. The Kier molecular flexibility index (Phi) is 2.38. The van der Waals surface area contributed by atoms with Crippen molar-refractivity contribution in [2.45, 2.75) is 6.92 Å². The average Bonchev–Trinajstić information content (AvgIpc) is 2.97. The molecule has 21 heavy (non-hydrogen) atoms. The molecule has 0 bridgehead atoms. The van der Waals surface area contributed by atoms with Crippen LogP contribution in [-0.2, 0) is 0 Å². The maximum atomic E-state index is 5.97. The van der Waals surface area contributed by atoms with Gasteiger partial charge in [0, 0.05) is 23.2 Å². The summed E-state index contributed by atoms with van der Waals surface area (Å²) in [5.41, 5.74) is 10.5. The summed E-state index contributed by atoms with van der Waals surface area (Å²) in [6, 6.07) is 9.91. The number of anilines is 1. The van der Waals surface area contributed by atoms with E-state index in [9.17, 15) is 0 Å². The number of nitrogens with zero attached hydrogens (tertiary/aromatic N) is 5. The van der Waals surface area contributed by atoms with Gasteiger partial charge in [-0.3, -0.25) is 9.38 Å². The van der Waals surface area contributed by atoms with Crippen molar-refractivity contribution in [2.24, 2.45) is 0 Å². The van der Waals surface area contributed by atoms with E-state index in [1.54, 1.807) is 16.9 Å². The zero-order chi connectivity index (χ0) is 14.4. The number of nitrogen functional groups attached to an aromatic ring is 1. The lowest BCUT2D eigenvalue weighted by Gasteiger charge is -2.09. The highest BCUT2D eigenvalue weighted by molar-refractivity contribution is 5.95. The van der Waals surface area contributed by atoms with E-state index in [0.717, 1.165) is 27.7 Å². The molecule has 0 saturated carbocycles. The third-order valence-electron chi connectivity index (χ3n) is 3.57. The van der Waals surface area contributed by atoms with Crippen molar-refractivity contribution in [3.05, 3.63) is 48.4 Å². The van der Waals surface area contributed by atoms with E-state index in [0.29, 0.717) is 11.6 Å². The van der Waals surface area contributed by atoms with Crippen LogP contribution in [0.5, 0.6) is 0 Å². The molecule has 0 atom stereocenters. The number of aryl methyl sites for hydroxylation is 1. The maximum Gasteiger partial charge on any atom is 0.207 e. The van der Waals surface area contributed by atoms with Crippen molar-refractivity contribution < 1.29 is 0 Å². The Morgan fingerprint density at radius 2 is 2.10 bits per heavy atom. The normalized spacial score (nSPS) is 11.3. The summed E-state index contributed by atoms with van der Waals surface area (Å²) in [5, 5.41) is 8.94. The number of benzene rings is 1. The third kappa shape index (κ3) is 1.73. The Morgan fingerprint density at radius 3 is 3.00 bits per heavy atom. The molecule has 0 aliphatic rings. The van der Waals surface area contributed by atoms with E-state index in [1.807, 2.05) is 37.3 Å². The molecule has 0 amide bonds. The van der Waals surface area contributed by atoms with Crippen LogP contribution in [0.1, 0.15) is 5.56 Å². The second-order valence-electron chi connectivity index (χ2n) is 4.89. The van der Waals surface area contributed by atoms with E-state index < -0.39 is 0 Å². The summed E-state index contributed by atoms with van der Waals surface area (Å²) < 4.78 is 1.65. The minimum atomic E-state index is 0.366. The average molecular weight is 276 g/mol. The standard InChI is InChI=1S/C15H12N6/c1-9-4-5-10(11-3-2-6-17-14(9)11)12-7-13-20-18-8-21(13)15(16)19-12/h2-8H,1H3,(H2,16,19). The Balaban J connectivity index is 2.06. The molecule has 0 saturated heterocycles. The number of pyridine rings is 1. The lowest BCUT2D eigenvalue weighted by Crippen LogP contribution is -2.01. The summed E-state index contributed by atoms with van der Waals surface area (Å²) in [7, 11) is 0. The second kappa shape index (κ2) is 4.24. The monoisotopic (exact) mass is 276 g/mol. The van der Waals surface area contributed by atoms with Crippen LogP contribution in [0, 0.1) is 6.92 Å². The molecule has 4 aromatic rings. The van der Waals surface area contributed by atoms with Crippen molar-refractivity contribution in [2.75, 3.05) is 5.73 Å². The van der Waals surface area contributed by atoms with Crippen LogP contribution < -0.4 is 5.73 Å². The van der Waals surface area contributed by atoms with Gasteiger partial charge in [0.15, 0.2) is 5.65 Å². The van der Waals surface area contributed by atoms with Crippen molar-refractivity contribution in [1.82, 2.24) is 24.6 Å². The topological polar surface area (TPSA) is 82.0 Å². The van der Waals surface area contributed by atoms with Gasteiger partial charge in [-0.15, -0.1) is 10.2 Å². The molecular formula is C15H12N6. The van der Waals surface area contributed by atoms with Gasteiger partial charge >= 0.3 is 0 Å². The number of fused-ring (bicyclic) bond motifs is 2. The molecule has 102 valence electrons. The first kappa shape index (κ1) is 11.8. The number of nitrogens with two attached hydrogens (primary N) is 1. The SMILES string of the molecule is Cc1ccc(-c2cc3nncn3c(N)n2)c2cccnc12. The van der Waals surface area contributed by atoms with Crippen LogP contribution in [0.4, 0.5) is 5.95 Å². The molecule has 1 aromatic carbocycles. The maximum absolute atomic E-state index is 5.97.